The number of benzene rings is 2. The zero-order chi connectivity index (χ0) is 13.0. The van der Waals surface area contributed by atoms with Crippen molar-refractivity contribution < 1.29 is 4.74 Å². The van der Waals surface area contributed by atoms with Crippen LogP contribution in [0.5, 0.6) is 5.75 Å². The Hall–Kier alpha value is -1.32. The molecule has 0 aliphatic carbocycles. The Kier molecular flexibility index (Phi) is 4.39. The van der Waals surface area contributed by atoms with Gasteiger partial charge in [-0.05, 0) is 23.8 Å². The monoisotopic (exact) mass is 279 g/mol. The quantitative estimate of drug-likeness (QED) is 0.672. The van der Waals surface area contributed by atoms with Gasteiger partial charge < -0.3 is 10.5 Å². The van der Waals surface area contributed by atoms with Crippen molar-refractivity contribution in [3.8, 4) is 5.75 Å². The van der Waals surface area contributed by atoms with Crippen molar-refractivity contribution in [1.29, 1.82) is 0 Å². The minimum Gasteiger partial charge on any atom is -0.495 e. The number of thioether (sulfide) groups is 1. The summed E-state index contributed by atoms with van der Waals surface area (Å²) in [7, 11) is 1.62. The SMILES string of the molecule is COc1cccc(SCc2ccccc2Cl)c1N. The van der Waals surface area contributed by atoms with Gasteiger partial charge in [0.15, 0.2) is 0 Å². The van der Waals surface area contributed by atoms with E-state index in [4.69, 9.17) is 22.1 Å². The van der Waals surface area contributed by atoms with Crippen LogP contribution < -0.4 is 10.5 Å². The van der Waals surface area contributed by atoms with Crippen LogP contribution in [-0.4, -0.2) is 7.11 Å². The Labute approximate surface area is 116 Å². The lowest BCUT2D eigenvalue weighted by molar-refractivity contribution is 0.416. The first-order valence-corrected chi connectivity index (χ1v) is 6.87. The van der Waals surface area contributed by atoms with Crippen LogP contribution in [0.1, 0.15) is 5.56 Å². The number of nitrogen functional groups attached to an aromatic ring is 1. The number of nitrogens with two attached hydrogens (primary N) is 1. The van der Waals surface area contributed by atoms with E-state index in [-0.39, 0.29) is 0 Å². The molecule has 0 atom stereocenters. The molecular formula is C14H14ClNOS. The van der Waals surface area contributed by atoms with E-state index in [9.17, 15) is 0 Å². The third-order valence-electron chi connectivity index (χ3n) is 2.59. The number of para-hydroxylation sites is 1. The predicted octanol–water partition coefficient (Wildman–Crippen LogP) is 4.22. The molecule has 2 N–H and O–H groups in total. The molecule has 0 fully saturated rings. The Balaban J connectivity index is 2.14. The third-order valence-corrected chi connectivity index (χ3v) is 4.08. The largest absolute Gasteiger partial charge is 0.495 e. The second-order valence-corrected chi connectivity index (χ2v) is 5.18. The first-order valence-electron chi connectivity index (χ1n) is 5.51. The van der Waals surface area contributed by atoms with Gasteiger partial charge in [0.2, 0.25) is 0 Å². The van der Waals surface area contributed by atoms with Gasteiger partial charge in [-0.2, -0.15) is 0 Å². The van der Waals surface area contributed by atoms with Crippen LogP contribution in [0.2, 0.25) is 5.02 Å². The van der Waals surface area contributed by atoms with E-state index in [0.717, 1.165) is 21.2 Å². The van der Waals surface area contributed by atoms with E-state index in [1.807, 2.05) is 42.5 Å². The Morgan fingerprint density at radius 2 is 1.94 bits per heavy atom. The predicted molar refractivity (Wildman–Crippen MR) is 78.4 cm³/mol. The molecule has 0 radical (unpaired) electrons. The molecule has 2 aromatic carbocycles. The molecule has 2 rings (SSSR count). The summed E-state index contributed by atoms with van der Waals surface area (Å²) in [6.07, 6.45) is 0. The average Bonchev–Trinajstić information content (AvgIpc) is 2.39. The first-order chi connectivity index (χ1) is 8.72. The number of hydrogen-bond donors (Lipinski definition) is 1. The molecule has 2 nitrogen and oxygen atoms in total. The van der Waals surface area contributed by atoms with Crippen molar-refractivity contribution in [2.24, 2.45) is 0 Å². The highest BCUT2D eigenvalue weighted by atomic mass is 35.5. The summed E-state index contributed by atoms with van der Waals surface area (Å²) in [5.41, 5.74) is 7.80. The maximum atomic E-state index is 6.12. The van der Waals surface area contributed by atoms with Gasteiger partial charge in [-0.3, -0.25) is 0 Å². The number of methoxy groups -OCH3 is 1. The van der Waals surface area contributed by atoms with Crippen molar-refractivity contribution in [2.75, 3.05) is 12.8 Å². The number of rotatable bonds is 4. The van der Waals surface area contributed by atoms with Crippen molar-refractivity contribution in [3.05, 3.63) is 53.1 Å². The van der Waals surface area contributed by atoms with Gasteiger partial charge in [0.05, 0.1) is 12.8 Å². The highest BCUT2D eigenvalue weighted by Gasteiger charge is 2.07. The van der Waals surface area contributed by atoms with Crippen LogP contribution in [0, 0.1) is 0 Å². The molecule has 0 amide bonds. The molecule has 94 valence electrons. The molecule has 0 heterocycles. The van der Waals surface area contributed by atoms with Crippen LogP contribution in [0.15, 0.2) is 47.4 Å². The number of anilines is 1. The highest BCUT2D eigenvalue weighted by molar-refractivity contribution is 7.98. The van der Waals surface area contributed by atoms with Crippen LogP contribution >= 0.6 is 23.4 Å². The summed E-state index contributed by atoms with van der Waals surface area (Å²) >= 11 is 7.77. The smallest absolute Gasteiger partial charge is 0.142 e. The van der Waals surface area contributed by atoms with Crippen molar-refractivity contribution >= 4 is 29.1 Å². The summed E-state index contributed by atoms with van der Waals surface area (Å²) in [5, 5.41) is 0.784. The van der Waals surface area contributed by atoms with E-state index in [2.05, 4.69) is 0 Å². The molecule has 0 aliphatic heterocycles. The summed E-state index contributed by atoms with van der Waals surface area (Å²) in [4.78, 5) is 1.01. The van der Waals surface area contributed by atoms with Gasteiger partial charge in [-0.15, -0.1) is 11.8 Å². The highest BCUT2D eigenvalue weighted by Crippen LogP contribution is 2.35. The molecule has 4 heteroatoms. The lowest BCUT2D eigenvalue weighted by atomic mass is 10.2. The third kappa shape index (κ3) is 2.92. The lowest BCUT2D eigenvalue weighted by Gasteiger charge is -2.10. The molecule has 0 saturated heterocycles. The topological polar surface area (TPSA) is 35.2 Å². The molecule has 0 aliphatic rings. The minimum atomic E-state index is 0.678. The Morgan fingerprint density at radius 1 is 1.17 bits per heavy atom. The van der Waals surface area contributed by atoms with Crippen molar-refractivity contribution in [1.82, 2.24) is 0 Å². The Morgan fingerprint density at radius 3 is 2.67 bits per heavy atom. The standard InChI is InChI=1S/C14H14ClNOS/c1-17-12-7-4-8-13(14(12)16)18-9-10-5-2-3-6-11(10)15/h2-8H,9,16H2,1H3. The molecule has 0 aromatic heterocycles. The maximum absolute atomic E-state index is 6.12. The van der Waals surface area contributed by atoms with Crippen LogP contribution in [-0.2, 0) is 5.75 Å². The van der Waals surface area contributed by atoms with Crippen LogP contribution in [0.3, 0.4) is 0 Å². The summed E-state index contributed by atoms with van der Waals surface area (Å²) < 4.78 is 5.20. The normalized spacial score (nSPS) is 10.3. The van der Waals surface area contributed by atoms with Crippen LogP contribution in [0.25, 0.3) is 0 Å². The summed E-state index contributed by atoms with van der Waals surface area (Å²) in [5.74, 6) is 1.50. The first kappa shape index (κ1) is 13.1. The van der Waals surface area contributed by atoms with E-state index in [0.29, 0.717) is 11.4 Å². The van der Waals surface area contributed by atoms with Gasteiger partial charge in [-0.1, -0.05) is 35.9 Å². The fourth-order valence-electron chi connectivity index (χ4n) is 1.60. The molecule has 18 heavy (non-hydrogen) atoms. The van der Waals surface area contributed by atoms with Crippen molar-refractivity contribution in [3.63, 3.8) is 0 Å². The molecule has 2 aromatic rings. The van der Waals surface area contributed by atoms with Gasteiger partial charge in [-0.25, -0.2) is 0 Å². The maximum Gasteiger partial charge on any atom is 0.142 e. The average molecular weight is 280 g/mol. The van der Waals surface area contributed by atoms with Gasteiger partial charge in [0.1, 0.15) is 5.75 Å². The van der Waals surface area contributed by atoms with E-state index >= 15 is 0 Å². The number of halogens is 1. The second kappa shape index (κ2) is 6.03. The molecular weight excluding hydrogens is 266 g/mol. The van der Waals surface area contributed by atoms with E-state index < -0.39 is 0 Å². The zero-order valence-corrected chi connectivity index (χ0v) is 11.6. The van der Waals surface area contributed by atoms with Gasteiger partial charge >= 0.3 is 0 Å². The number of ether oxygens (including phenoxy) is 1. The molecule has 0 bridgehead atoms. The minimum absolute atomic E-state index is 0.678. The molecule has 0 spiro atoms. The van der Waals surface area contributed by atoms with E-state index in [1.165, 1.54) is 0 Å². The fraction of sp³-hybridized carbons (Fsp3) is 0.143. The number of hydrogen-bond acceptors (Lipinski definition) is 3. The second-order valence-electron chi connectivity index (χ2n) is 3.75. The van der Waals surface area contributed by atoms with Gasteiger partial charge in [0.25, 0.3) is 0 Å². The fourth-order valence-corrected chi connectivity index (χ4v) is 2.87. The van der Waals surface area contributed by atoms with Crippen LogP contribution in [0.4, 0.5) is 5.69 Å². The molecule has 0 unspecified atom stereocenters. The van der Waals surface area contributed by atoms with Crippen molar-refractivity contribution in [2.45, 2.75) is 10.6 Å². The van der Waals surface area contributed by atoms with E-state index in [1.54, 1.807) is 18.9 Å². The zero-order valence-electron chi connectivity index (χ0n) is 10.0. The lowest BCUT2D eigenvalue weighted by Crippen LogP contribution is -1.94. The summed E-state index contributed by atoms with van der Waals surface area (Å²) in [6.45, 7) is 0. The molecule has 0 saturated carbocycles. The van der Waals surface area contributed by atoms with Gasteiger partial charge in [0, 0.05) is 15.7 Å². The summed E-state index contributed by atoms with van der Waals surface area (Å²) in [6, 6.07) is 13.6. The Bertz CT molecular complexity index is 545.